The zero-order chi connectivity index (χ0) is 14.8. The molecule has 2 aromatic heterocycles. The van der Waals surface area contributed by atoms with Crippen molar-refractivity contribution in [1.82, 2.24) is 20.5 Å². The predicted octanol–water partition coefficient (Wildman–Crippen LogP) is 1.20. The molecule has 0 fully saturated rings. The number of benzene rings is 1. The van der Waals surface area contributed by atoms with Gasteiger partial charge < -0.3 is 10.3 Å². The highest BCUT2D eigenvalue weighted by Crippen LogP contribution is 2.20. The number of anilines is 1. The van der Waals surface area contributed by atoms with Gasteiger partial charge >= 0.3 is 0 Å². The van der Waals surface area contributed by atoms with E-state index in [-0.39, 0.29) is 23.0 Å². The lowest BCUT2D eigenvalue weighted by atomic mass is 10.1. The molecule has 3 rings (SSSR count). The van der Waals surface area contributed by atoms with E-state index in [1.807, 2.05) is 0 Å². The Morgan fingerprint density at radius 1 is 1.19 bits per heavy atom. The Kier molecular flexibility index (Phi) is 3.03. The minimum absolute atomic E-state index is 0.0198. The van der Waals surface area contributed by atoms with Gasteiger partial charge in [0, 0.05) is 12.1 Å². The lowest BCUT2D eigenvalue weighted by Gasteiger charge is -1.96. The number of nitro benzene ring substituents is 1. The number of nitrogens with zero attached hydrogens (tertiary/aromatic N) is 5. The molecule has 3 aromatic rings. The summed E-state index contributed by atoms with van der Waals surface area (Å²) in [5.41, 5.74) is 6.54. The van der Waals surface area contributed by atoms with Gasteiger partial charge in [0.25, 0.3) is 5.69 Å². The van der Waals surface area contributed by atoms with Gasteiger partial charge in [0.15, 0.2) is 11.5 Å². The van der Waals surface area contributed by atoms with Crippen LogP contribution in [0.2, 0.25) is 0 Å². The summed E-state index contributed by atoms with van der Waals surface area (Å²) in [5, 5.41) is 21.3. The van der Waals surface area contributed by atoms with Gasteiger partial charge in [-0.15, -0.1) is 0 Å². The highest BCUT2D eigenvalue weighted by atomic mass is 16.6. The molecule has 10 nitrogen and oxygen atoms in total. The van der Waals surface area contributed by atoms with Crippen LogP contribution in [0.5, 0.6) is 0 Å². The van der Waals surface area contributed by atoms with Crippen LogP contribution in [-0.2, 0) is 6.42 Å². The van der Waals surface area contributed by atoms with Crippen LogP contribution in [0.25, 0.3) is 11.5 Å². The van der Waals surface area contributed by atoms with Crippen LogP contribution in [0, 0.1) is 10.1 Å². The number of nitrogens with two attached hydrogens (primary N) is 1. The van der Waals surface area contributed by atoms with Gasteiger partial charge in [0.05, 0.1) is 11.3 Å². The highest BCUT2D eigenvalue weighted by molar-refractivity contribution is 5.61. The van der Waals surface area contributed by atoms with Crippen LogP contribution in [0.4, 0.5) is 11.5 Å². The van der Waals surface area contributed by atoms with E-state index in [2.05, 4.69) is 25.1 Å². The third-order valence-corrected chi connectivity index (χ3v) is 2.70. The summed E-state index contributed by atoms with van der Waals surface area (Å²) in [4.78, 5) is 14.2. The van der Waals surface area contributed by atoms with Crippen molar-refractivity contribution in [2.24, 2.45) is 0 Å². The van der Waals surface area contributed by atoms with Gasteiger partial charge in [-0.3, -0.25) is 10.1 Å². The molecule has 0 saturated heterocycles. The van der Waals surface area contributed by atoms with E-state index >= 15 is 0 Å². The summed E-state index contributed by atoms with van der Waals surface area (Å²) in [5.74, 6) is 0.560. The van der Waals surface area contributed by atoms with Gasteiger partial charge in [-0.1, -0.05) is 17.3 Å². The average molecular weight is 288 g/mol. The minimum atomic E-state index is -0.463. The van der Waals surface area contributed by atoms with E-state index in [9.17, 15) is 10.1 Å². The Hall–Kier alpha value is -3.30. The third kappa shape index (κ3) is 2.54. The fraction of sp³-hybridized carbons (Fsp3) is 0.0909. The zero-order valence-electron chi connectivity index (χ0n) is 10.5. The standard InChI is InChI=1S/C11H8N6O4/c12-10-9(14-21-15-10)11-13-8(20-16-11)5-6-1-3-7(4-2-6)17(18)19/h1-4H,5H2,(H2,12,15). The number of nitro groups is 1. The number of aromatic nitrogens is 4. The summed E-state index contributed by atoms with van der Waals surface area (Å²) in [6.07, 6.45) is 0.330. The first-order valence-electron chi connectivity index (χ1n) is 5.78. The van der Waals surface area contributed by atoms with Gasteiger partial charge in [-0.05, 0) is 15.9 Å². The highest BCUT2D eigenvalue weighted by Gasteiger charge is 2.16. The van der Waals surface area contributed by atoms with Crippen molar-refractivity contribution in [1.29, 1.82) is 0 Å². The number of hydrogen-bond acceptors (Lipinski definition) is 9. The second-order valence-electron chi connectivity index (χ2n) is 4.11. The smallest absolute Gasteiger partial charge is 0.269 e. The molecule has 0 amide bonds. The van der Waals surface area contributed by atoms with Gasteiger partial charge in [-0.25, -0.2) is 4.63 Å². The SMILES string of the molecule is Nc1nonc1-c1noc(Cc2ccc([N+](=O)[O-])cc2)n1. The van der Waals surface area contributed by atoms with E-state index in [1.54, 1.807) is 12.1 Å². The number of rotatable bonds is 4. The Labute approximate surface area is 116 Å². The maximum atomic E-state index is 10.6. The topological polar surface area (TPSA) is 147 Å². The third-order valence-electron chi connectivity index (χ3n) is 2.70. The zero-order valence-corrected chi connectivity index (χ0v) is 10.5. The van der Waals surface area contributed by atoms with E-state index in [4.69, 9.17) is 10.3 Å². The quantitative estimate of drug-likeness (QED) is 0.552. The van der Waals surface area contributed by atoms with Gasteiger partial charge in [0.1, 0.15) is 0 Å². The molecule has 0 aliphatic rings. The van der Waals surface area contributed by atoms with E-state index < -0.39 is 4.92 Å². The molecule has 106 valence electrons. The monoisotopic (exact) mass is 288 g/mol. The molecular formula is C11H8N6O4. The van der Waals surface area contributed by atoms with Crippen molar-refractivity contribution in [2.75, 3.05) is 5.73 Å². The molecule has 0 aliphatic carbocycles. The lowest BCUT2D eigenvalue weighted by molar-refractivity contribution is -0.384. The second kappa shape index (κ2) is 5.00. The fourth-order valence-corrected chi connectivity index (χ4v) is 1.68. The molecule has 0 saturated carbocycles. The molecule has 0 aliphatic heterocycles. The maximum absolute atomic E-state index is 10.6. The van der Waals surface area contributed by atoms with Crippen LogP contribution in [0.3, 0.4) is 0 Å². The molecule has 21 heavy (non-hydrogen) atoms. The maximum Gasteiger partial charge on any atom is 0.269 e. The van der Waals surface area contributed by atoms with Crippen molar-refractivity contribution >= 4 is 11.5 Å². The Morgan fingerprint density at radius 3 is 2.57 bits per heavy atom. The Morgan fingerprint density at radius 2 is 1.95 bits per heavy atom. The molecule has 0 bridgehead atoms. The predicted molar refractivity (Wildman–Crippen MR) is 67.9 cm³/mol. The fourth-order valence-electron chi connectivity index (χ4n) is 1.68. The molecule has 0 unspecified atom stereocenters. The van der Waals surface area contributed by atoms with Crippen LogP contribution < -0.4 is 5.73 Å². The molecule has 1 aromatic carbocycles. The first kappa shape index (κ1) is 12.7. The first-order valence-corrected chi connectivity index (χ1v) is 5.78. The van der Waals surface area contributed by atoms with Crippen molar-refractivity contribution < 1.29 is 14.1 Å². The van der Waals surface area contributed by atoms with E-state index in [0.29, 0.717) is 12.3 Å². The van der Waals surface area contributed by atoms with E-state index in [1.165, 1.54) is 12.1 Å². The Balaban J connectivity index is 1.78. The molecule has 0 radical (unpaired) electrons. The normalized spacial score (nSPS) is 10.7. The Bertz CT molecular complexity index is 778. The minimum Gasteiger partial charge on any atom is -0.379 e. The molecule has 10 heteroatoms. The average Bonchev–Trinajstić information content (AvgIpc) is 3.08. The second-order valence-corrected chi connectivity index (χ2v) is 4.11. The first-order chi connectivity index (χ1) is 10.1. The summed E-state index contributed by atoms with van der Waals surface area (Å²) in [7, 11) is 0. The summed E-state index contributed by atoms with van der Waals surface area (Å²) in [6.45, 7) is 0. The van der Waals surface area contributed by atoms with Crippen molar-refractivity contribution in [3.63, 3.8) is 0 Å². The van der Waals surface area contributed by atoms with Crippen LogP contribution in [0.1, 0.15) is 11.5 Å². The summed E-state index contributed by atoms with van der Waals surface area (Å²) >= 11 is 0. The van der Waals surface area contributed by atoms with Gasteiger partial charge in [0.2, 0.25) is 11.7 Å². The lowest BCUT2D eigenvalue weighted by Crippen LogP contribution is -1.92. The molecule has 0 atom stereocenters. The summed E-state index contributed by atoms with van der Waals surface area (Å²) < 4.78 is 9.52. The number of hydrogen-bond donors (Lipinski definition) is 1. The van der Waals surface area contributed by atoms with E-state index in [0.717, 1.165) is 5.56 Å². The largest absolute Gasteiger partial charge is 0.379 e. The molecule has 2 heterocycles. The van der Waals surface area contributed by atoms with Crippen molar-refractivity contribution in [3.8, 4) is 11.5 Å². The van der Waals surface area contributed by atoms with Crippen LogP contribution in [-0.4, -0.2) is 25.4 Å². The number of non-ortho nitro benzene ring substituents is 1. The summed E-state index contributed by atoms with van der Waals surface area (Å²) in [6, 6.07) is 6.06. The van der Waals surface area contributed by atoms with Crippen LogP contribution in [0.15, 0.2) is 33.4 Å². The number of nitrogen functional groups attached to an aromatic ring is 1. The van der Waals surface area contributed by atoms with Gasteiger partial charge in [-0.2, -0.15) is 4.98 Å². The molecule has 2 N–H and O–H groups in total. The molecule has 0 spiro atoms. The van der Waals surface area contributed by atoms with Crippen LogP contribution >= 0.6 is 0 Å². The van der Waals surface area contributed by atoms with Crippen molar-refractivity contribution in [3.05, 3.63) is 45.8 Å². The van der Waals surface area contributed by atoms with Crippen molar-refractivity contribution in [2.45, 2.75) is 6.42 Å². The molecular weight excluding hydrogens is 280 g/mol.